The van der Waals surface area contributed by atoms with Crippen LogP contribution >= 0.6 is 0 Å². The van der Waals surface area contributed by atoms with E-state index in [2.05, 4.69) is 56.6 Å². The van der Waals surface area contributed by atoms with Gasteiger partial charge in [-0.1, -0.05) is 205 Å². The molecule has 0 aliphatic rings. The van der Waals surface area contributed by atoms with Crippen molar-refractivity contribution in [3.8, 4) is 0 Å². The van der Waals surface area contributed by atoms with Gasteiger partial charge < -0.3 is 5.32 Å². The summed E-state index contributed by atoms with van der Waals surface area (Å²) in [6, 6.07) is 0. The predicted octanol–water partition coefficient (Wildman–Crippen LogP) is 16.6. The Morgan fingerprint density at radius 2 is 0.468 bits per heavy atom. The normalized spacial score (nSPS) is 11.5. The number of hydrogen-bond donors (Lipinski definition) is 1. The van der Waals surface area contributed by atoms with E-state index in [1.54, 1.807) is 0 Å². The molecule has 0 atom stereocenters. The van der Waals surface area contributed by atoms with E-state index < -0.39 is 0 Å². The lowest BCUT2D eigenvalue weighted by Crippen LogP contribution is -2.16. The van der Waals surface area contributed by atoms with Gasteiger partial charge in [-0.15, -0.1) is 13.2 Å². The molecule has 0 rings (SSSR count). The van der Waals surface area contributed by atoms with Crippen LogP contribution in [0.3, 0.4) is 0 Å². The van der Waals surface area contributed by atoms with Crippen LogP contribution < -0.4 is 5.32 Å². The minimum atomic E-state index is 1.24. The predicted molar refractivity (Wildman–Crippen MR) is 220 cm³/mol. The Labute approximate surface area is 300 Å². The molecular formula is C46H91N. The second kappa shape index (κ2) is 49.6. The average molecular weight is 658 g/mol. The van der Waals surface area contributed by atoms with Crippen molar-refractivity contribution in [2.45, 2.75) is 245 Å². The summed E-state index contributed by atoms with van der Waals surface area (Å²) in [6.07, 6.45) is 60.7. The third-order valence-electron chi connectivity index (χ3n) is 9.73. The lowest BCUT2D eigenvalue weighted by molar-refractivity contribution is 0.524. The number of nitrogens with one attached hydrogen (secondary N) is 1. The number of hydrogen-bond acceptors (Lipinski definition) is 1. The molecule has 0 fully saturated rings. The molecular weight excluding hydrogens is 567 g/mol. The van der Waals surface area contributed by atoms with Gasteiger partial charge in [0, 0.05) is 0 Å². The van der Waals surface area contributed by atoms with Gasteiger partial charge in [0.2, 0.25) is 0 Å². The monoisotopic (exact) mass is 658 g/mol. The van der Waals surface area contributed by atoms with Crippen molar-refractivity contribution in [1.29, 1.82) is 0 Å². The van der Waals surface area contributed by atoms with E-state index in [0.29, 0.717) is 0 Å². The van der Waals surface area contributed by atoms with E-state index in [4.69, 9.17) is 0 Å². The van der Waals surface area contributed by atoms with E-state index in [9.17, 15) is 0 Å². The van der Waals surface area contributed by atoms with Crippen LogP contribution in [0, 0.1) is 0 Å². The fraction of sp³-hybridized carbons (Fsp3) is 0.870. The van der Waals surface area contributed by atoms with Crippen molar-refractivity contribution in [3.63, 3.8) is 0 Å². The molecule has 0 aromatic carbocycles. The SMILES string of the molecule is C=C.CCCCCCCC/C=C\CCCCCCCCCCCCNCCCCCCCCCCCC/C=C\CCCCCCCC. The van der Waals surface area contributed by atoms with Crippen LogP contribution in [-0.4, -0.2) is 13.1 Å². The van der Waals surface area contributed by atoms with Gasteiger partial charge in [-0.2, -0.15) is 0 Å². The van der Waals surface area contributed by atoms with Crippen LogP contribution in [0.2, 0.25) is 0 Å². The van der Waals surface area contributed by atoms with E-state index in [-0.39, 0.29) is 0 Å². The first-order valence-electron chi connectivity index (χ1n) is 21.9. The third kappa shape index (κ3) is 49.7. The Balaban J connectivity index is 0. The first-order valence-corrected chi connectivity index (χ1v) is 21.9. The minimum absolute atomic E-state index is 1.24. The molecule has 0 aliphatic heterocycles. The van der Waals surface area contributed by atoms with Gasteiger partial charge in [-0.05, 0) is 77.3 Å². The molecule has 0 saturated heterocycles. The van der Waals surface area contributed by atoms with Gasteiger partial charge in [-0.3, -0.25) is 0 Å². The van der Waals surface area contributed by atoms with E-state index in [1.165, 1.54) is 244 Å². The Hall–Kier alpha value is -0.820. The van der Waals surface area contributed by atoms with Crippen LogP contribution in [0.4, 0.5) is 0 Å². The highest BCUT2D eigenvalue weighted by atomic mass is 14.8. The molecule has 0 aromatic rings. The van der Waals surface area contributed by atoms with Crippen molar-refractivity contribution < 1.29 is 0 Å². The smallest absolute Gasteiger partial charge is 0.00489 e. The zero-order valence-electron chi connectivity index (χ0n) is 33.1. The molecule has 0 radical (unpaired) electrons. The lowest BCUT2D eigenvalue weighted by atomic mass is 10.1. The molecule has 0 aliphatic carbocycles. The van der Waals surface area contributed by atoms with Crippen LogP contribution in [0.5, 0.6) is 0 Å². The van der Waals surface area contributed by atoms with Gasteiger partial charge in [0.1, 0.15) is 0 Å². The van der Waals surface area contributed by atoms with Crippen LogP contribution in [0.15, 0.2) is 37.5 Å². The van der Waals surface area contributed by atoms with E-state index >= 15 is 0 Å². The molecule has 0 bridgehead atoms. The molecule has 47 heavy (non-hydrogen) atoms. The Kier molecular flexibility index (Phi) is 50.9. The maximum atomic E-state index is 3.69. The van der Waals surface area contributed by atoms with Gasteiger partial charge >= 0.3 is 0 Å². The fourth-order valence-electron chi connectivity index (χ4n) is 6.53. The van der Waals surface area contributed by atoms with E-state index in [1.807, 2.05) is 0 Å². The molecule has 0 saturated carbocycles. The first-order chi connectivity index (χ1) is 23.4. The summed E-state index contributed by atoms with van der Waals surface area (Å²) in [4.78, 5) is 0. The molecule has 1 N–H and O–H groups in total. The van der Waals surface area contributed by atoms with Crippen molar-refractivity contribution >= 4 is 0 Å². The minimum Gasteiger partial charge on any atom is -0.317 e. The highest BCUT2D eigenvalue weighted by Gasteiger charge is 1.96. The molecule has 0 amide bonds. The molecule has 1 nitrogen and oxygen atoms in total. The molecule has 280 valence electrons. The lowest BCUT2D eigenvalue weighted by Gasteiger charge is -2.06. The van der Waals surface area contributed by atoms with E-state index in [0.717, 1.165) is 0 Å². The third-order valence-corrected chi connectivity index (χ3v) is 9.73. The molecule has 0 aromatic heterocycles. The van der Waals surface area contributed by atoms with Gasteiger partial charge in [0.05, 0.1) is 0 Å². The summed E-state index contributed by atoms with van der Waals surface area (Å²) in [7, 11) is 0. The highest BCUT2D eigenvalue weighted by Crippen LogP contribution is 2.14. The molecule has 0 unspecified atom stereocenters. The summed E-state index contributed by atoms with van der Waals surface area (Å²) in [6.45, 7) is 13.1. The molecule has 1 heteroatoms. The average Bonchev–Trinajstić information content (AvgIpc) is 3.10. The van der Waals surface area contributed by atoms with Crippen molar-refractivity contribution in [1.82, 2.24) is 5.32 Å². The summed E-state index contributed by atoms with van der Waals surface area (Å²) >= 11 is 0. The first kappa shape index (κ1) is 48.3. The maximum Gasteiger partial charge on any atom is -0.00489 e. The second-order valence-electron chi connectivity index (χ2n) is 14.5. The summed E-state index contributed by atoms with van der Waals surface area (Å²) in [5.41, 5.74) is 0. The number of rotatable bonds is 40. The van der Waals surface area contributed by atoms with Crippen LogP contribution in [-0.2, 0) is 0 Å². The Morgan fingerprint density at radius 3 is 0.702 bits per heavy atom. The van der Waals surface area contributed by atoms with Crippen molar-refractivity contribution in [3.05, 3.63) is 37.5 Å². The Bertz CT molecular complexity index is 515. The quantitative estimate of drug-likeness (QED) is 0.0511. The molecule has 0 spiro atoms. The van der Waals surface area contributed by atoms with Gasteiger partial charge in [0.25, 0.3) is 0 Å². The van der Waals surface area contributed by atoms with Crippen molar-refractivity contribution in [2.24, 2.45) is 0 Å². The van der Waals surface area contributed by atoms with Crippen molar-refractivity contribution in [2.75, 3.05) is 13.1 Å². The second-order valence-corrected chi connectivity index (χ2v) is 14.5. The highest BCUT2D eigenvalue weighted by molar-refractivity contribution is 4.82. The van der Waals surface area contributed by atoms with Gasteiger partial charge in [0.15, 0.2) is 0 Å². The zero-order chi connectivity index (χ0) is 34.4. The Morgan fingerprint density at radius 1 is 0.277 bits per heavy atom. The van der Waals surface area contributed by atoms with Gasteiger partial charge in [-0.25, -0.2) is 0 Å². The number of allylic oxidation sites excluding steroid dienone is 4. The maximum absolute atomic E-state index is 3.69. The van der Waals surface area contributed by atoms with Crippen LogP contribution in [0.1, 0.15) is 245 Å². The summed E-state index contributed by atoms with van der Waals surface area (Å²) in [5.74, 6) is 0. The fourth-order valence-corrected chi connectivity index (χ4v) is 6.53. The standard InChI is InChI=1S/C44H87N.C2H4/c1-3-5-7-9-11-13-15-17-19-21-23-25-27-29-31-33-35-37-39-41-43-45-44-42-40-38-36-34-32-30-28-26-24-22-20-18-16-14-12-10-8-6-4-2;1-2/h17-20,45H,3-16,21-44H2,1-2H3;1-2H2/b19-17-,20-18-;. The van der Waals surface area contributed by atoms with Crippen LogP contribution in [0.25, 0.3) is 0 Å². The molecule has 0 heterocycles. The topological polar surface area (TPSA) is 12.0 Å². The zero-order valence-corrected chi connectivity index (χ0v) is 33.1. The largest absolute Gasteiger partial charge is 0.317 e. The summed E-state index contributed by atoms with van der Waals surface area (Å²) in [5, 5.41) is 3.69. The number of unbranched alkanes of at least 4 members (excludes halogenated alkanes) is 32. The summed E-state index contributed by atoms with van der Waals surface area (Å²) < 4.78 is 0.